The third-order valence-corrected chi connectivity index (χ3v) is 8.39. The number of nitrogens with one attached hydrogen (secondary N) is 1. The summed E-state index contributed by atoms with van der Waals surface area (Å²) in [5, 5.41) is 8.67. The minimum Gasteiger partial charge on any atom is -0.349 e. The zero-order valence-electron chi connectivity index (χ0n) is 20.9. The maximum Gasteiger partial charge on any atom is 0.252 e. The third kappa shape index (κ3) is 5.13. The van der Waals surface area contributed by atoms with Crippen LogP contribution < -0.4 is 5.32 Å². The molecule has 2 fully saturated rings. The summed E-state index contributed by atoms with van der Waals surface area (Å²) in [5.41, 5.74) is 5.77. The molecular weight excluding hydrogens is 434 g/mol. The molecule has 0 radical (unpaired) electrons. The van der Waals surface area contributed by atoms with Crippen LogP contribution in [-0.4, -0.2) is 51.2 Å². The summed E-state index contributed by atoms with van der Waals surface area (Å²) in [5.74, 6) is 1.55. The first-order valence-corrected chi connectivity index (χ1v) is 13.6. The highest BCUT2D eigenvalue weighted by atomic mass is 16.1. The summed E-state index contributed by atoms with van der Waals surface area (Å²) in [4.78, 5) is 20.7. The maximum absolute atomic E-state index is 13.0. The Morgan fingerprint density at radius 1 is 1.03 bits per heavy atom. The molecule has 0 bridgehead atoms. The van der Waals surface area contributed by atoms with Crippen molar-refractivity contribution in [2.75, 3.05) is 19.6 Å². The fourth-order valence-electron chi connectivity index (χ4n) is 6.06. The highest BCUT2D eigenvalue weighted by molar-refractivity contribution is 6.06. The molecule has 3 aliphatic rings. The van der Waals surface area contributed by atoms with Crippen molar-refractivity contribution >= 4 is 16.8 Å². The lowest BCUT2D eigenvalue weighted by atomic mass is 9.84. The minimum absolute atomic E-state index is 0.0367. The van der Waals surface area contributed by atoms with E-state index in [1.54, 1.807) is 4.68 Å². The van der Waals surface area contributed by atoms with Crippen LogP contribution in [0.5, 0.6) is 0 Å². The van der Waals surface area contributed by atoms with Crippen molar-refractivity contribution in [3.8, 4) is 0 Å². The molecule has 0 atom stereocenters. The molecule has 184 valence electrons. The van der Waals surface area contributed by atoms with Crippen molar-refractivity contribution in [1.82, 2.24) is 25.0 Å². The van der Waals surface area contributed by atoms with Crippen LogP contribution in [-0.2, 0) is 19.9 Å². The molecule has 0 spiro atoms. The molecule has 2 aliphatic carbocycles. The van der Waals surface area contributed by atoms with Crippen molar-refractivity contribution < 1.29 is 4.79 Å². The molecule has 2 saturated carbocycles. The van der Waals surface area contributed by atoms with Gasteiger partial charge in [0.15, 0.2) is 0 Å². The van der Waals surface area contributed by atoms with Crippen LogP contribution in [0.2, 0.25) is 0 Å². The van der Waals surface area contributed by atoms with E-state index in [4.69, 9.17) is 4.98 Å². The number of benzene rings is 1. The van der Waals surface area contributed by atoms with Gasteiger partial charge in [-0.3, -0.25) is 14.5 Å². The van der Waals surface area contributed by atoms with Gasteiger partial charge in [0.1, 0.15) is 0 Å². The number of amides is 1. The summed E-state index contributed by atoms with van der Waals surface area (Å²) in [6.45, 7) is 3.48. The first-order valence-electron chi connectivity index (χ1n) is 13.6. The van der Waals surface area contributed by atoms with Gasteiger partial charge in [0.25, 0.3) is 5.91 Å². The van der Waals surface area contributed by atoms with E-state index in [0.29, 0.717) is 0 Å². The fraction of sp³-hybridized carbons (Fsp3) is 0.552. The zero-order valence-corrected chi connectivity index (χ0v) is 20.9. The van der Waals surface area contributed by atoms with Crippen molar-refractivity contribution in [1.29, 1.82) is 0 Å². The highest BCUT2D eigenvalue weighted by Gasteiger charge is 2.27. The Balaban J connectivity index is 0.963. The number of rotatable bonds is 6. The highest BCUT2D eigenvalue weighted by Crippen LogP contribution is 2.39. The average molecular weight is 472 g/mol. The van der Waals surface area contributed by atoms with E-state index in [-0.39, 0.29) is 11.9 Å². The Morgan fingerprint density at radius 2 is 1.86 bits per heavy atom. The SMILES string of the molecule is Cn1cc2c(C(=O)NC3CCC(CCN4CCc5ccc(C6CC6)nc5CC4)CC3)cccc2n1. The van der Waals surface area contributed by atoms with Crippen molar-refractivity contribution in [2.45, 2.75) is 69.7 Å². The molecule has 1 amide bonds. The predicted molar refractivity (Wildman–Crippen MR) is 139 cm³/mol. The molecular formula is C29H37N5O. The van der Waals surface area contributed by atoms with Gasteiger partial charge in [-0.25, -0.2) is 0 Å². The first-order chi connectivity index (χ1) is 17.1. The largest absolute Gasteiger partial charge is 0.349 e. The first kappa shape index (κ1) is 22.7. The van der Waals surface area contributed by atoms with E-state index in [1.165, 1.54) is 55.6 Å². The molecule has 0 saturated heterocycles. The molecule has 1 aromatic carbocycles. The van der Waals surface area contributed by atoms with Gasteiger partial charge in [-0.2, -0.15) is 5.10 Å². The van der Waals surface area contributed by atoms with E-state index in [1.807, 2.05) is 31.4 Å². The Bertz CT molecular complexity index is 1210. The number of fused-ring (bicyclic) bond motifs is 2. The van der Waals surface area contributed by atoms with Crippen LogP contribution in [0.25, 0.3) is 10.9 Å². The minimum atomic E-state index is 0.0367. The van der Waals surface area contributed by atoms with E-state index in [9.17, 15) is 4.79 Å². The van der Waals surface area contributed by atoms with Crippen LogP contribution in [0.1, 0.15) is 78.2 Å². The van der Waals surface area contributed by atoms with E-state index < -0.39 is 0 Å². The lowest BCUT2D eigenvalue weighted by Crippen LogP contribution is -2.38. The number of pyridine rings is 1. The topological polar surface area (TPSA) is 63.1 Å². The third-order valence-electron chi connectivity index (χ3n) is 8.39. The number of hydrogen-bond donors (Lipinski definition) is 1. The predicted octanol–water partition coefficient (Wildman–Crippen LogP) is 4.63. The van der Waals surface area contributed by atoms with Gasteiger partial charge in [-0.15, -0.1) is 0 Å². The van der Waals surface area contributed by atoms with Gasteiger partial charge < -0.3 is 10.2 Å². The molecule has 6 rings (SSSR count). The zero-order chi connectivity index (χ0) is 23.8. The summed E-state index contributed by atoms with van der Waals surface area (Å²) in [7, 11) is 1.90. The number of carbonyl (C=O) groups excluding carboxylic acids is 1. The average Bonchev–Trinajstić information content (AvgIpc) is 3.67. The van der Waals surface area contributed by atoms with Gasteiger partial charge >= 0.3 is 0 Å². The Labute approximate surface area is 208 Å². The van der Waals surface area contributed by atoms with E-state index in [0.717, 1.165) is 67.1 Å². The lowest BCUT2D eigenvalue weighted by molar-refractivity contribution is 0.0921. The van der Waals surface area contributed by atoms with E-state index >= 15 is 0 Å². The summed E-state index contributed by atoms with van der Waals surface area (Å²) in [6, 6.07) is 10.7. The van der Waals surface area contributed by atoms with Gasteiger partial charge in [-0.1, -0.05) is 12.1 Å². The van der Waals surface area contributed by atoms with Crippen LogP contribution in [0.3, 0.4) is 0 Å². The summed E-state index contributed by atoms with van der Waals surface area (Å²) < 4.78 is 1.78. The molecule has 3 heterocycles. The lowest BCUT2D eigenvalue weighted by Gasteiger charge is -2.30. The number of hydrogen-bond acceptors (Lipinski definition) is 4. The molecule has 3 aromatic rings. The van der Waals surface area contributed by atoms with Crippen LogP contribution >= 0.6 is 0 Å². The molecule has 1 aliphatic heterocycles. The second-order valence-corrected chi connectivity index (χ2v) is 11.0. The Morgan fingerprint density at radius 3 is 2.69 bits per heavy atom. The smallest absolute Gasteiger partial charge is 0.252 e. The molecule has 35 heavy (non-hydrogen) atoms. The van der Waals surface area contributed by atoms with Crippen LogP contribution in [0.4, 0.5) is 0 Å². The molecule has 6 heteroatoms. The summed E-state index contributed by atoms with van der Waals surface area (Å²) >= 11 is 0. The number of aromatic nitrogens is 3. The van der Waals surface area contributed by atoms with Gasteiger partial charge in [0.05, 0.1) is 11.1 Å². The van der Waals surface area contributed by atoms with Gasteiger partial charge in [0.2, 0.25) is 0 Å². The second kappa shape index (κ2) is 9.73. The Hall–Kier alpha value is -2.73. The number of nitrogens with zero attached hydrogens (tertiary/aromatic N) is 4. The number of aryl methyl sites for hydroxylation is 1. The molecule has 1 N–H and O–H groups in total. The molecule has 6 nitrogen and oxygen atoms in total. The van der Waals surface area contributed by atoms with Crippen molar-refractivity contribution in [3.63, 3.8) is 0 Å². The molecule has 0 unspecified atom stereocenters. The molecule has 2 aromatic heterocycles. The maximum atomic E-state index is 13.0. The van der Waals surface area contributed by atoms with Crippen molar-refractivity contribution in [3.05, 3.63) is 59.0 Å². The van der Waals surface area contributed by atoms with Crippen LogP contribution in [0.15, 0.2) is 36.5 Å². The Kier molecular flexibility index (Phi) is 6.31. The summed E-state index contributed by atoms with van der Waals surface area (Å²) in [6.07, 6.45) is 12.7. The van der Waals surface area contributed by atoms with Gasteiger partial charge in [-0.05, 0) is 87.6 Å². The van der Waals surface area contributed by atoms with Crippen molar-refractivity contribution in [2.24, 2.45) is 13.0 Å². The number of carbonyl (C=O) groups is 1. The second-order valence-electron chi connectivity index (χ2n) is 11.0. The van der Waals surface area contributed by atoms with Crippen LogP contribution in [0, 0.1) is 5.92 Å². The van der Waals surface area contributed by atoms with E-state index in [2.05, 4.69) is 27.4 Å². The monoisotopic (exact) mass is 471 g/mol. The van der Waals surface area contributed by atoms with Gasteiger partial charge in [0, 0.05) is 61.5 Å². The fourth-order valence-corrected chi connectivity index (χ4v) is 6.06. The standard InChI is InChI=1S/C29H37N5O/c1-33-19-25-24(3-2-4-28(25)32-33)29(35)30-23-10-5-20(6-11-23)13-16-34-17-14-22-9-12-26(21-7-8-21)31-27(22)15-18-34/h2-4,9,12,19-21,23H,5-8,10-11,13-18H2,1H3,(H,30,35). The normalized spacial score (nSPS) is 23.1. The quantitative estimate of drug-likeness (QED) is 0.570.